The largest absolute Gasteiger partial charge is 0.507 e. The van der Waals surface area contributed by atoms with Gasteiger partial charge in [0, 0.05) is 70.9 Å². The third-order valence-electron chi connectivity index (χ3n) is 5.45. The Morgan fingerprint density at radius 3 is 1.93 bits per heavy atom. The van der Waals surface area contributed by atoms with E-state index in [-0.39, 0.29) is 92.4 Å². The maximum Gasteiger partial charge on any atom is 0.339 e. The summed E-state index contributed by atoms with van der Waals surface area (Å²) in [6.45, 7) is 0. The summed E-state index contributed by atoms with van der Waals surface area (Å²) in [5, 5.41) is 40.0. The number of ether oxygens (including phenoxy) is 1. The number of carboxylic acids is 1. The Labute approximate surface area is 295 Å². The van der Waals surface area contributed by atoms with Crippen molar-refractivity contribution in [2.75, 3.05) is 17.7 Å². The average Bonchev–Trinajstić information content (AvgIpc) is 2.96. The molecule has 0 saturated heterocycles. The molecule has 4 aromatic rings. The summed E-state index contributed by atoms with van der Waals surface area (Å²) in [7, 11) is -2.97. The smallest absolute Gasteiger partial charge is 0.339 e. The molecular formula is C27H22N6Na2O8S. The number of amides is 2. The number of nitrogens with zero attached hydrogens (tertiary/aromatic N) is 4. The van der Waals surface area contributed by atoms with Gasteiger partial charge >= 0.3 is 12.0 Å². The number of carboxylic acid groups (broad SMARTS) is 1. The Morgan fingerprint density at radius 2 is 1.32 bits per heavy atom. The van der Waals surface area contributed by atoms with Gasteiger partial charge in [0.1, 0.15) is 17.1 Å². The number of anilines is 2. The van der Waals surface area contributed by atoms with E-state index < -0.39 is 22.1 Å². The van der Waals surface area contributed by atoms with Crippen LogP contribution in [0.4, 0.5) is 38.9 Å². The fraction of sp³-hybridized carbons (Fsp3) is 0.0370. The molecule has 5 N–H and O–H groups in total. The van der Waals surface area contributed by atoms with E-state index in [0.717, 1.165) is 6.07 Å². The van der Waals surface area contributed by atoms with Crippen molar-refractivity contribution >= 4 is 115 Å². The van der Waals surface area contributed by atoms with Crippen LogP contribution in [-0.2, 0) is 10.1 Å². The second-order valence-corrected chi connectivity index (χ2v) is 9.81. The molecular weight excluding hydrogens is 614 g/mol. The van der Waals surface area contributed by atoms with Gasteiger partial charge < -0.3 is 25.6 Å². The van der Waals surface area contributed by atoms with Gasteiger partial charge in [0.2, 0.25) is 0 Å². The summed E-state index contributed by atoms with van der Waals surface area (Å²) in [6, 6.07) is 19.5. The third-order valence-corrected chi connectivity index (χ3v) is 6.30. The van der Waals surface area contributed by atoms with Crippen LogP contribution in [0.3, 0.4) is 0 Å². The summed E-state index contributed by atoms with van der Waals surface area (Å²) >= 11 is 0. The number of methoxy groups -OCH3 is 1. The van der Waals surface area contributed by atoms with Crippen molar-refractivity contribution < 1.29 is 37.5 Å². The van der Waals surface area contributed by atoms with Crippen LogP contribution in [0.5, 0.6) is 11.5 Å². The molecule has 0 unspecified atom stereocenters. The molecule has 0 bridgehead atoms. The first-order chi connectivity index (χ1) is 20.0. The fourth-order valence-corrected chi connectivity index (χ4v) is 3.96. The van der Waals surface area contributed by atoms with Crippen molar-refractivity contribution in [1.29, 1.82) is 0 Å². The number of urea groups is 1. The summed E-state index contributed by atoms with van der Waals surface area (Å²) in [6.07, 6.45) is 0. The number of phenols is 1. The van der Waals surface area contributed by atoms with Gasteiger partial charge in [0.15, 0.2) is 0 Å². The number of carbonyl (C=O) groups is 2. The van der Waals surface area contributed by atoms with Crippen LogP contribution in [0.15, 0.2) is 110 Å². The molecule has 17 heteroatoms. The number of carbonyl (C=O) groups excluding carboxylic acids is 1. The average molecular weight is 637 g/mol. The van der Waals surface area contributed by atoms with Crippen molar-refractivity contribution in [2.45, 2.75) is 4.90 Å². The number of hydrogen-bond acceptors (Lipinski definition) is 10. The van der Waals surface area contributed by atoms with Crippen molar-refractivity contribution in [3.63, 3.8) is 0 Å². The van der Waals surface area contributed by atoms with E-state index in [0.29, 0.717) is 22.7 Å². The minimum absolute atomic E-state index is 0. The standard InChI is InChI=1S/C27H22N6O8S.2Na/c1-41-25-15-20(33-31-18-3-2-4-21(13-18)42(38,39)40)9-11-23(25)29-27(37)28-16-5-7-17(8-6-16)30-32-19-10-12-24(34)22(14-19)26(35)36;;/h2-15,34H,1H3,(H,35,36)(H2,28,29,37)(H,38,39,40);;. The summed E-state index contributed by atoms with van der Waals surface area (Å²) in [5.41, 5.74) is 1.71. The molecule has 0 aliphatic heterocycles. The molecule has 0 atom stereocenters. The predicted octanol–water partition coefficient (Wildman–Crippen LogP) is 6.06. The van der Waals surface area contributed by atoms with E-state index in [1.807, 2.05) is 0 Å². The van der Waals surface area contributed by atoms with Crippen molar-refractivity contribution in [3.05, 3.63) is 90.5 Å². The number of aromatic hydroxyl groups is 1. The quantitative estimate of drug-likeness (QED) is 0.0826. The van der Waals surface area contributed by atoms with Crippen LogP contribution in [0, 0.1) is 0 Å². The van der Waals surface area contributed by atoms with Gasteiger partial charge in [0.25, 0.3) is 10.1 Å². The van der Waals surface area contributed by atoms with Gasteiger partial charge in [-0.1, -0.05) is 6.07 Å². The van der Waals surface area contributed by atoms with Crippen molar-refractivity contribution in [1.82, 2.24) is 0 Å². The van der Waals surface area contributed by atoms with Gasteiger partial charge in [-0.3, -0.25) is 4.55 Å². The Morgan fingerprint density at radius 1 is 0.750 bits per heavy atom. The molecule has 44 heavy (non-hydrogen) atoms. The second kappa shape index (κ2) is 16.4. The van der Waals surface area contributed by atoms with Gasteiger partial charge in [-0.05, 0) is 72.8 Å². The van der Waals surface area contributed by atoms with Gasteiger partial charge in [-0.15, -0.1) is 0 Å². The minimum atomic E-state index is -4.38. The predicted molar refractivity (Wildman–Crippen MR) is 163 cm³/mol. The van der Waals surface area contributed by atoms with Gasteiger partial charge in [-0.25, -0.2) is 9.59 Å². The maximum absolute atomic E-state index is 12.6. The number of hydrogen-bond donors (Lipinski definition) is 5. The zero-order valence-electron chi connectivity index (χ0n) is 23.7. The Hall–Kier alpha value is -3.67. The first kappa shape index (κ1) is 36.5. The van der Waals surface area contributed by atoms with E-state index in [4.69, 9.17) is 9.84 Å². The number of aromatic carboxylic acids is 1. The number of nitrogens with one attached hydrogen (secondary N) is 2. The topological polar surface area (TPSA) is 212 Å². The molecule has 4 aromatic carbocycles. The molecule has 0 aliphatic rings. The first-order valence-electron chi connectivity index (χ1n) is 11.9. The molecule has 2 radical (unpaired) electrons. The Bertz CT molecular complexity index is 1820. The summed E-state index contributed by atoms with van der Waals surface area (Å²) in [4.78, 5) is 23.4. The Balaban J connectivity index is 0.00000337. The monoisotopic (exact) mass is 636 g/mol. The van der Waals surface area contributed by atoms with Crippen LogP contribution >= 0.6 is 0 Å². The SMILES string of the molecule is COc1cc(N=Nc2cccc(S(=O)(=O)O)c2)ccc1NC(=O)Nc1ccc(N=Nc2ccc(O)c(C(=O)O)c2)cc1.[Na].[Na]. The van der Waals surface area contributed by atoms with Crippen LogP contribution in [0.2, 0.25) is 0 Å². The molecule has 0 heterocycles. The number of rotatable bonds is 9. The van der Waals surface area contributed by atoms with Crippen molar-refractivity contribution in [3.8, 4) is 11.5 Å². The normalized spacial score (nSPS) is 11.0. The van der Waals surface area contributed by atoms with Crippen LogP contribution < -0.4 is 15.4 Å². The zero-order valence-corrected chi connectivity index (χ0v) is 28.5. The fourth-order valence-electron chi connectivity index (χ4n) is 3.44. The number of azo groups is 2. The Kier molecular flexibility index (Phi) is 13.6. The van der Waals surface area contributed by atoms with Gasteiger partial charge in [-0.2, -0.15) is 28.9 Å². The number of benzene rings is 4. The molecule has 0 fully saturated rings. The van der Waals surface area contributed by atoms with E-state index in [1.54, 1.807) is 36.4 Å². The maximum atomic E-state index is 12.6. The molecule has 0 aromatic heterocycles. The zero-order chi connectivity index (χ0) is 30.3. The van der Waals surface area contributed by atoms with Crippen molar-refractivity contribution in [2.24, 2.45) is 20.5 Å². The van der Waals surface area contributed by atoms with E-state index >= 15 is 0 Å². The van der Waals surface area contributed by atoms with E-state index in [9.17, 15) is 27.7 Å². The van der Waals surface area contributed by atoms with Crippen LogP contribution in [0.1, 0.15) is 10.4 Å². The van der Waals surface area contributed by atoms with E-state index in [1.165, 1.54) is 49.6 Å². The molecule has 0 aliphatic carbocycles. The molecule has 4 rings (SSSR count). The molecule has 2 amide bonds. The summed E-state index contributed by atoms with van der Waals surface area (Å²) < 4.78 is 37.1. The van der Waals surface area contributed by atoms with Crippen LogP contribution in [-0.4, -0.2) is 101 Å². The second-order valence-electron chi connectivity index (χ2n) is 8.39. The third kappa shape index (κ3) is 10.2. The van der Waals surface area contributed by atoms with Crippen LogP contribution in [0.25, 0.3) is 0 Å². The summed E-state index contributed by atoms with van der Waals surface area (Å²) in [5.74, 6) is -1.39. The molecule has 0 saturated carbocycles. The molecule has 0 spiro atoms. The first-order valence-corrected chi connectivity index (χ1v) is 13.3. The van der Waals surface area contributed by atoms with Gasteiger partial charge in [0.05, 0.1) is 40.4 Å². The van der Waals surface area contributed by atoms with E-state index in [2.05, 4.69) is 31.1 Å². The molecule has 14 nitrogen and oxygen atoms in total. The minimum Gasteiger partial charge on any atom is -0.507 e. The molecule has 216 valence electrons.